The minimum atomic E-state index is 0.0842. The Morgan fingerprint density at radius 3 is 2.88 bits per heavy atom. The van der Waals surface area contributed by atoms with Crippen LogP contribution >= 0.6 is 0 Å². The predicted molar refractivity (Wildman–Crippen MR) is 122 cm³/mol. The van der Waals surface area contributed by atoms with Gasteiger partial charge >= 0.3 is 0 Å². The van der Waals surface area contributed by atoms with Crippen molar-refractivity contribution in [2.75, 3.05) is 26.8 Å². The molecule has 1 aliphatic heterocycles. The van der Waals surface area contributed by atoms with Crippen LogP contribution < -0.4 is 0 Å². The SMILES string of the molecule is COCCC1CCCN(C(=O)c2ccc(-n3cc(-c4n[nH]c5ccccc45)nn3)cc2)C1. The molecule has 2 aromatic heterocycles. The number of hydrogen-bond acceptors (Lipinski definition) is 5. The van der Waals surface area contributed by atoms with Gasteiger partial charge in [0.1, 0.15) is 11.4 Å². The molecular weight excluding hydrogens is 404 g/mol. The number of hydrogen-bond donors (Lipinski definition) is 1. The molecular formula is C24H26N6O2. The first-order valence-corrected chi connectivity index (χ1v) is 11.0. The number of carbonyl (C=O) groups is 1. The summed E-state index contributed by atoms with van der Waals surface area (Å²) in [6.45, 7) is 2.36. The first kappa shape index (κ1) is 20.4. The van der Waals surface area contributed by atoms with Gasteiger partial charge in [-0.25, -0.2) is 4.68 Å². The van der Waals surface area contributed by atoms with Crippen molar-refractivity contribution < 1.29 is 9.53 Å². The highest BCUT2D eigenvalue weighted by atomic mass is 16.5. The Kier molecular flexibility index (Phi) is 5.68. The maximum absolute atomic E-state index is 13.0. The fraction of sp³-hybridized carbons (Fsp3) is 0.333. The quantitative estimate of drug-likeness (QED) is 0.504. The Morgan fingerprint density at radius 2 is 2.03 bits per heavy atom. The minimum absolute atomic E-state index is 0.0842. The molecule has 0 bridgehead atoms. The lowest BCUT2D eigenvalue weighted by Gasteiger charge is -2.32. The number of nitrogens with zero attached hydrogens (tertiary/aromatic N) is 5. The van der Waals surface area contributed by atoms with Crippen molar-refractivity contribution in [3.05, 3.63) is 60.3 Å². The number of amides is 1. The van der Waals surface area contributed by atoms with Crippen LogP contribution in [0.4, 0.5) is 0 Å². The average Bonchev–Trinajstić information content (AvgIpc) is 3.50. The molecule has 1 amide bonds. The number of ether oxygens (including phenoxy) is 1. The van der Waals surface area contributed by atoms with Crippen molar-refractivity contribution in [2.45, 2.75) is 19.3 Å². The lowest BCUT2D eigenvalue weighted by atomic mass is 9.94. The van der Waals surface area contributed by atoms with Gasteiger partial charge in [-0.3, -0.25) is 9.89 Å². The molecule has 0 saturated carbocycles. The number of aromatic nitrogens is 5. The average molecular weight is 431 g/mol. The maximum atomic E-state index is 13.0. The number of para-hydroxylation sites is 1. The van der Waals surface area contributed by atoms with Gasteiger partial charge in [-0.1, -0.05) is 23.4 Å². The topological polar surface area (TPSA) is 88.9 Å². The Balaban J connectivity index is 1.30. The van der Waals surface area contributed by atoms with Gasteiger partial charge in [0.05, 0.1) is 17.4 Å². The molecule has 8 nitrogen and oxygen atoms in total. The van der Waals surface area contributed by atoms with E-state index in [1.807, 2.05) is 59.6 Å². The van der Waals surface area contributed by atoms with Gasteiger partial charge in [-0.2, -0.15) is 5.10 Å². The molecule has 32 heavy (non-hydrogen) atoms. The van der Waals surface area contributed by atoms with Crippen LogP contribution in [-0.4, -0.2) is 62.8 Å². The van der Waals surface area contributed by atoms with E-state index in [1.165, 1.54) is 0 Å². The van der Waals surface area contributed by atoms with E-state index in [1.54, 1.807) is 11.8 Å². The Morgan fingerprint density at radius 1 is 1.19 bits per heavy atom. The van der Waals surface area contributed by atoms with E-state index in [2.05, 4.69) is 20.5 Å². The summed E-state index contributed by atoms with van der Waals surface area (Å²) >= 11 is 0. The molecule has 5 rings (SSSR count). The summed E-state index contributed by atoms with van der Waals surface area (Å²) in [6, 6.07) is 15.5. The summed E-state index contributed by atoms with van der Waals surface area (Å²) in [7, 11) is 1.72. The maximum Gasteiger partial charge on any atom is 0.253 e. The highest BCUT2D eigenvalue weighted by Gasteiger charge is 2.24. The van der Waals surface area contributed by atoms with Gasteiger partial charge in [-0.15, -0.1) is 5.10 Å². The van der Waals surface area contributed by atoms with Crippen LogP contribution in [0, 0.1) is 5.92 Å². The number of piperidine rings is 1. The van der Waals surface area contributed by atoms with Gasteiger partial charge in [-0.05, 0) is 55.5 Å². The number of methoxy groups -OCH3 is 1. The number of H-pyrrole nitrogens is 1. The van der Waals surface area contributed by atoms with Gasteiger partial charge < -0.3 is 9.64 Å². The molecule has 1 atom stereocenters. The summed E-state index contributed by atoms with van der Waals surface area (Å²) in [4.78, 5) is 15.0. The molecule has 3 heterocycles. The molecule has 2 aromatic carbocycles. The van der Waals surface area contributed by atoms with Crippen LogP contribution in [0.5, 0.6) is 0 Å². The zero-order valence-electron chi connectivity index (χ0n) is 18.1. The summed E-state index contributed by atoms with van der Waals surface area (Å²) in [5, 5.41) is 17.0. The fourth-order valence-corrected chi connectivity index (χ4v) is 4.37. The lowest BCUT2D eigenvalue weighted by molar-refractivity contribution is 0.0642. The van der Waals surface area contributed by atoms with Crippen LogP contribution in [0.1, 0.15) is 29.6 Å². The predicted octanol–water partition coefficient (Wildman–Crippen LogP) is 3.70. The van der Waals surface area contributed by atoms with Gasteiger partial charge in [0, 0.05) is 37.8 Å². The third kappa shape index (κ3) is 4.01. The van der Waals surface area contributed by atoms with Crippen LogP contribution in [0.25, 0.3) is 28.0 Å². The number of fused-ring (bicyclic) bond motifs is 1. The first-order chi connectivity index (χ1) is 15.7. The Hall–Kier alpha value is -3.52. The van der Waals surface area contributed by atoms with Crippen molar-refractivity contribution in [3.63, 3.8) is 0 Å². The summed E-state index contributed by atoms with van der Waals surface area (Å²) in [6.07, 6.45) is 5.05. The molecule has 8 heteroatoms. The molecule has 164 valence electrons. The van der Waals surface area contributed by atoms with Crippen LogP contribution in [0.3, 0.4) is 0 Å². The normalized spacial score (nSPS) is 16.5. The zero-order valence-corrected chi connectivity index (χ0v) is 18.1. The highest BCUT2D eigenvalue weighted by Crippen LogP contribution is 2.25. The van der Waals surface area contributed by atoms with Crippen molar-refractivity contribution in [1.29, 1.82) is 0 Å². The summed E-state index contributed by atoms with van der Waals surface area (Å²) < 4.78 is 6.91. The third-order valence-electron chi connectivity index (χ3n) is 6.12. The van der Waals surface area contributed by atoms with E-state index >= 15 is 0 Å². The van der Waals surface area contributed by atoms with Gasteiger partial charge in [0.15, 0.2) is 0 Å². The molecule has 0 spiro atoms. The molecule has 1 aliphatic rings. The smallest absolute Gasteiger partial charge is 0.253 e. The summed E-state index contributed by atoms with van der Waals surface area (Å²) in [5.41, 5.74) is 3.96. The number of rotatable bonds is 6. The molecule has 1 saturated heterocycles. The number of likely N-dealkylation sites (tertiary alicyclic amines) is 1. The molecule has 1 fully saturated rings. The monoisotopic (exact) mass is 430 g/mol. The second-order valence-electron chi connectivity index (χ2n) is 8.25. The Bertz CT molecular complexity index is 1210. The third-order valence-corrected chi connectivity index (χ3v) is 6.12. The van der Waals surface area contributed by atoms with Crippen molar-refractivity contribution in [2.24, 2.45) is 5.92 Å². The Labute approximate surface area is 186 Å². The van der Waals surface area contributed by atoms with Gasteiger partial charge in [0.2, 0.25) is 0 Å². The van der Waals surface area contributed by atoms with Crippen molar-refractivity contribution in [3.8, 4) is 17.1 Å². The standard InChI is InChI=1S/C24H26N6O2/c1-32-14-12-17-5-4-13-29(15-17)24(31)18-8-10-19(11-9-18)30-16-22(26-28-30)23-20-6-2-3-7-21(20)25-27-23/h2-3,6-11,16-17H,4-5,12-15H2,1H3,(H,25,27). The lowest BCUT2D eigenvalue weighted by Crippen LogP contribution is -2.40. The molecule has 4 aromatic rings. The van der Waals surface area contributed by atoms with Gasteiger partial charge in [0.25, 0.3) is 5.91 Å². The first-order valence-electron chi connectivity index (χ1n) is 11.0. The van der Waals surface area contributed by atoms with Crippen LogP contribution in [0.15, 0.2) is 54.7 Å². The molecule has 1 N–H and O–H groups in total. The summed E-state index contributed by atoms with van der Waals surface area (Å²) in [5.74, 6) is 0.597. The van der Waals surface area contributed by atoms with E-state index in [0.29, 0.717) is 17.2 Å². The van der Waals surface area contributed by atoms with Crippen LogP contribution in [-0.2, 0) is 4.74 Å². The van der Waals surface area contributed by atoms with Crippen molar-refractivity contribution >= 4 is 16.8 Å². The van der Waals surface area contributed by atoms with E-state index in [4.69, 9.17) is 4.74 Å². The molecule has 0 radical (unpaired) electrons. The zero-order chi connectivity index (χ0) is 21.9. The molecule has 0 aliphatic carbocycles. The number of benzene rings is 2. The van der Waals surface area contributed by atoms with E-state index in [0.717, 1.165) is 61.2 Å². The second kappa shape index (κ2) is 8.92. The van der Waals surface area contributed by atoms with E-state index in [-0.39, 0.29) is 5.91 Å². The number of nitrogens with one attached hydrogen (secondary N) is 1. The van der Waals surface area contributed by atoms with E-state index in [9.17, 15) is 4.79 Å². The largest absolute Gasteiger partial charge is 0.385 e. The van der Waals surface area contributed by atoms with Crippen LogP contribution in [0.2, 0.25) is 0 Å². The van der Waals surface area contributed by atoms with Crippen molar-refractivity contribution in [1.82, 2.24) is 30.1 Å². The number of aromatic amines is 1. The fourth-order valence-electron chi connectivity index (χ4n) is 4.37. The number of carbonyl (C=O) groups excluding carboxylic acids is 1. The highest BCUT2D eigenvalue weighted by molar-refractivity contribution is 5.94. The second-order valence-corrected chi connectivity index (χ2v) is 8.25. The van der Waals surface area contributed by atoms with E-state index < -0.39 is 0 Å². The molecule has 1 unspecified atom stereocenters. The minimum Gasteiger partial charge on any atom is -0.385 e.